The molecule has 4 atom stereocenters. The van der Waals surface area contributed by atoms with Crippen LogP contribution in [0.3, 0.4) is 0 Å². The number of carbonyl (C=O) groups excluding carboxylic acids is 1. The third-order valence-electron chi connectivity index (χ3n) is 6.56. The Morgan fingerprint density at radius 3 is 2.93 bits per heavy atom. The lowest BCUT2D eigenvalue weighted by molar-refractivity contribution is -0.945. The van der Waals surface area contributed by atoms with Crippen molar-refractivity contribution in [3.05, 3.63) is 41.7 Å². The van der Waals surface area contributed by atoms with E-state index in [4.69, 9.17) is 4.74 Å². The van der Waals surface area contributed by atoms with E-state index >= 15 is 0 Å². The maximum Gasteiger partial charge on any atom is 0.229 e. The number of aromatic nitrogens is 3. The first-order valence-electron chi connectivity index (χ1n) is 11.0. The highest BCUT2D eigenvalue weighted by Crippen LogP contribution is 2.28. The lowest BCUT2D eigenvalue weighted by Gasteiger charge is -2.46. The second-order valence-electron chi connectivity index (χ2n) is 9.05. The Bertz CT molecular complexity index is 867. The highest BCUT2D eigenvalue weighted by atomic mass is 16.5. The van der Waals surface area contributed by atoms with Gasteiger partial charge in [0.05, 0.1) is 53.0 Å². The third-order valence-corrected chi connectivity index (χ3v) is 6.56. The summed E-state index contributed by atoms with van der Waals surface area (Å²) in [5.74, 6) is 1.56. The number of para-hydroxylation sites is 1. The van der Waals surface area contributed by atoms with Crippen LogP contribution in [-0.2, 0) is 24.4 Å². The summed E-state index contributed by atoms with van der Waals surface area (Å²) in [5.41, 5.74) is 2.05. The molecule has 3 saturated heterocycles. The van der Waals surface area contributed by atoms with E-state index in [2.05, 4.69) is 35.9 Å². The largest absolute Gasteiger partial charge is 0.496 e. The molecule has 2 bridgehead atoms. The molecule has 1 aromatic carbocycles. The fourth-order valence-corrected chi connectivity index (χ4v) is 5.08. The molecule has 0 saturated carbocycles. The van der Waals surface area contributed by atoms with E-state index in [0.717, 1.165) is 56.0 Å². The summed E-state index contributed by atoms with van der Waals surface area (Å²) in [6.45, 7) is 4.35. The van der Waals surface area contributed by atoms with Gasteiger partial charge in [0.2, 0.25) is 5.91 Å². The fourth-order valence-electron chi connectivity index (χ4n) is 5.08. The summed E-state index contributed by atoms with van der Waals surface area (Å²) >= 11 is 0. The Hall–Kier alpha value is -2.45. The molecular weight excluding hydrogens is 380 g/mol. The van der Waals surface area contributed by atoms with Crippen molar-refractivity contribution in [3.63, 3.8) is 0 Å². The van der Waals surface area contributed by atoms with Crippen molar-refractivity contribution in [1.29, 1.82) is 0 Å². The second kappa shape index (κ2) is 9.14. The van der Waals surface area contributed by atoms with E-state index in [1.807, 2.05) is 28.9 Å². The van der Waals surface area contributed by atoms with Crippen LogP contribution < -0.4 is 19.9 Å². The number of amides is 1. The number of piperidine rings is 3. The van der Waals surface area contributed by atoms with Crippen LogP contribution in [0.5, 0.6) is 5.75 Å². The Labute approximate surface area is 178 Å². The molecule has 30 heavy (non-hydrogen) atoms. The van der Waals surface area contributed by atoms with E-state index in [9.17, 15) is 4.79 Å². The predicted molar refractivity (Wildman–Crippen MR) is 112 cm³/mol. The number of benzene rings is 1. The Balaban J connectivity index is 1.32. The van der Waals surface area contributed by atoms with Crippen LogP contribution in [0.25, 0.3) is 0 Å². The van der Waals surface area contributed by atoms with Gasteiger partial charge in [0.15, 0.2) is 0 Å². The molecule has 1 aromatic heterocycles. The molecule has 0 radical (unpaired) electrons. The number of nitrogens with one attached hydrogen (secondary N) is 3. The van der Waals surface area contributed by atoms with Gasteiger partial charge in [-0.2, -0.15) is 0 Å². The number of rotatable bonds is 8. The SMILES string of the molecule is COc1ccccc1CNC(=O)[C@H]1C[NH+]2CC[C@@H]1C[C@@H]2Cn1cc(C[NH+](C)C)nn1. The van der Waals surface area contributed by atoms with Gasteiger partial charge in [0.25, 0.3) is 0 Å². The van der Waals surface area contributed by atoms with E-state index < -0.39 is 0 Å². The van der Waals surface area contributed by atoms with Gasteiger partial charge < -0.3 is 19.9 Å². The number of hydrogen-bond donors (Lipinski definition) is 3. The quantitative estimate of drug-likeness (QED) is 0.494. The van der Waals surface area contributed by atoms with Gasteiger partial charge in [-0.05, 0) is 12.0 Å². The summed E-state index contributed by atoms with van der Waals surface area (Å²) in [7, 11) is 5.90. The molecule has 0 aliphatic carbocycles. The lowest BCUT2D eigenvalue weighted by Crippen LogP contribution is -3.20. The van der Waals surface area contributed by atoms with E-state index in [1.165, 1.54) is 9.80 Å². The summed E-state index contributed by atoms with van der Waals surface area (Å²) in [6, 6.07) is 8.37. The molecule has 5 rings (SSSR count). The average Bonchev–Trinajstić information content (AvgIpc) is 3.18. The van der Waals surface area contributed by atoms with Gasteiger partial charge >= 0.3 is 0 Å². The molecule has 1 unspecified atom stereocenters. The zero-order valence-electron chi connectivity index (χ0n) is 18.2. The van der Waals surface area contributed by atoms with Crippen LogP contribution in [0, 0.1) is 11.8 Å². The summed E-state index contributed by atoms with van der Waals surface area (Å²) in [6.07, 6.45) is 4.29. The monoisotopic (exact) mass is 414 g/mol. The van der Waals surface area contributed by atoms with Crippen molar-refractivity contribution in [2.75, 3.05) is 34.3 Å². The lowest BCUT2D eigenvalue weighted by atomic mass is 9.75. The first-order chi connectivity index (χ1) is 14.5. The predicted octanol–water partition coefficient (Wildman–Crippen LogP) is -1.46. The molecule has 4 heterocycles. The molecule has 3 N–H and O–H groups in total. The molecule has 8 heteroatoms. The smallest absolute Gasteiger partial charge is 0.229 e. The Morgan fingerprint density at radius 2 is 2.20 bits per heavy atom. The Morgan fingerprint density at radius 1 is 1.37 bits per heavy atom. The second-order valence-corrected chi connectivity index (χ2v) is 9.05. The van der Waals surface area contributed by atoms with Crippen LogP contribution in [0.15, 0.2) is 30.5 Å². The van der Waals surface area contributed by atoms with E-state index in [0.29, 0.717) is 18.5 Å². The normalized spacial score (nSPS) is 25.5. The standard InChI is InChI=1S/C22H32N6O2/c1-26(2)12-18-13-28(25-24-18)14-19-10-16-8-9-27(19)15-20(16)22(29)23-11-17-6-4-5-7-21(17)30-3/h4-7,13,16,19-20H,8-12,14-15H2,1-3H3,(H,23,29)/p+2/t16-,19-,20+/m1/s1. The summed E-state index contributed by atoms with van der Waals surface area (Å²) in [4.78, 5) is 15.8. The summed E-state index contributed by atoms with van der Waals surface area (Å²) in [5, 5.41) is 11.8. The first-order valence-corrected chi connectivity index (χ1v) is 11.0. The van der Waals surface area contributed by atoms with Gasteiger partial charge in [-0.1, -0.05) is 23.4 Å². The highest BCUT2D eigenvalue weighted by molar-refractivity contribution is 5.79. The topological polar surface area (TPSA) is 77.9 Å². The highest BCUT2D eigenvalue weighted by Gasteiger charge is 2.46. The van der Waals surface area contributed by atoms with Gasteiger partial charge in [-0.15, -0.1) is 5.10 Å². The molecule has 0 spiro atoms. The van der Waals surface area contributed by atoms with Crippen molar-refractivity contribution >= 4 is 5.91 Å². The minimum absolute atomic E-state index is 0.100. The molecule has 3 fully saturated rings. The van der Waals surface area contributed by atoms with Crippen LogP contribution in [-0.4, -0.2) is 61.2 Å². The Kier molecular flexibility index (Phi) is 6.34. The zero-order chi connectivity index (χ0) is 21.1. The van der Waals surface area contributed by atoms with Crippen LogP contribution >= 0.6 is 0 Å². The number of nitrogens with zero attached hydrogens (tertiary/aromatic N) is 3. The maximum absolute atomic E-state index is 12.9. The number of fused-ring (bicyclic) bond motifs is 3. The number of ether oxygens (including phenoxy) is 1. The molecule has 3 aliphatic rings. The first kappa shape index (κ1) is 20.8. The minimum Gasteiger partial charge on any atom is -0.496 e. The van der Waals surface area contributed by atoms with Gasteiger partial charge in [0.1, 0.15) is 24.0 Å². The minimum atomic E-state index is 0.100. The van der Waals surface area contributed by atoms with Gasteiger partial charge in [-0.3, -0.25) is 4.79 Å². The van der Waals surface area contributed by atoms with Crippen molar-refractivity contribution in [2.24, 2.45) is 11.8 Å². The molecule has 8 nitrogen and oxygen atoms in total. The molecular formula is C22H34N6O2+2. The van der Waals surface area contributed by atoms with Crippen LogP contribution in [0.4, 0.5) is 0 Å². The van der Waals surface area contributed by atoms with Crippen molar-refractivity contribution < 1.29 is 19.3 Å². The van der Waals surface area contributed by atoms with Crippen LogP contribution in [0.2, 0.25) is 0 Å². The average molecular weight is 415 g/mol. The third kappa shape index (κ3) is 4.65. The van der Waals surface area contributed by atoms with Crippen LogP contribution in [0.1, 0.15) is 24.1 Å². The molecule has 162 valence electrons. The maximum atomic E-state index is 12.9. The van der Waals surface area contributed by atoms with E-state index in [1.54, 1.807) is 7.11 Å². The zero-order valence-corrected chi connectivity index (χ0v) is 18.2. The number of quaternary nitrogens is 2. The van der Waals surface area contributed by atoms with Crippen molar-refractivity contribution in [3.8, 4) is 5.75 Å². The molecule has 2 aromatic rings. The van der Waals surface area contributed by atoms with E-state index in [-0.39, 0.29) is 11.8 Å². The number of methoxy groups -OCH3 is 1. The van der Waals surface area contributed by atoms with Gasteiger partial charge in [0, 0.05) is 24.9 Å². The van der Waals surface area contributed by atoms with Gasteiger partial charge in [-0.25, -0.2) is 4.68 Å². The number of carbonyl (C=O) groups is 1. The fraction of sp³-hybridized carbons (Fsp3) is 0.591. The molecule has 1 amide bonds. The van der Waals surface area contributed by atoms with Crippen molar-refractivity contribution in [2.45, 2.75) is 38.5 Å². The van der Waals surface area contributed by atoms with Crippen molar-refractivity contribution in [1.82, 2.24) is 20.3 Å². The number of hydrogen-bond acceptors (Lipinski definition) is 4. The molecule has 3 aliphatic heterocycles. The summed E-state index contributed by atoms with van der Waals surface area (Å²) < 4.78 is 7.39.